The second-order valence-corrected chi connectivity index (χ2v) is 13.1. The fourth-order valence-corrected chi connectivity index (χ4v) is 8.44. The second-order valence-electron chi connectivity index (χ2n) is 13.1. The first-order valence-electron chi connectivity index (χ1n) is 16.8. The summed E-state index contributed by atoms with van der Waals surface area (Å²) >= 11 is 0. The van der Waals surface area contributed by atoms with Gasteiger partial charge in [-0.2, -0.15) is 0 Å². The minimum atomic E-state index is 0.773. The number of furan rings is 4. The molecule has 12 aromatic rings. The van der Waals surface area contributed by atoms with Crippen LogP contribution in [0.1, 0.15) is 0 Å². The summed E-state index contributed by atoms with van der Waals surface area (Å²) in [5.41, 5.74) is 10.4. The van der Waals surface area contributed by atoms with Crippen molar-refractivity contribution in [1.82, 2.24) is 0 Å². The van der Waals surface area contributed by atoms with Crippen molar-refractivity contribution in [2.45, 2.75) is 0 Å². The Morgan fingerprint density at radius 3 is 1.68 bits per heavy atom. The molecule has 0 aliphatic heterocycles. The van der Waals surface area contributed by atoms with E-state index >= 15 is 0 Å². The Morgan fingerprint density at radius 1 is 0.320 bits per heavy atom. The minimum Gasteiger partial charge on any atom is -0.460 e. The third-order valence-corrected chi connectivity index (χ3v) is 10.5. The molecular weight excluding hydrogens is 617 g/mol. The van der Waals surface area contributed by atoms with Gasteiger partial charge in [-0.05, 0) is 69.1 Å². The van der Waals surface area contributed by atoms with Gasteiger partial charge in [-0.3, -0.25) is 0 Å². The molecule has 0 atom stereocenters. The Hall–Kier alpha value is -6.78. The summed E-state index contributed by atoms with van der Waals surface area (Å²) in [5, 5.41) is 12.1. The smallest absolute Gasteiger partial charge is 0.178 e. The molecule has 232 valence electrons. The van der Waals surface area contributed by atoms with Gasteiger partial charge in [0.2, 0.25) is 0 Å². The van der Waals surface area contributed by atoms with E-state index in [2.05, 4.69) is 109 Å². The molecule has 0 saturated heterocycles. The lowest BCUT2D eigenvalue weighted by Gasteiger charge is -2.18. The van der Waals surface area contributed by atoms with Crippen LogP contribution in [0.25, 0.3) is 121 Å². The highest BCUT2D eigenvalue weighted by atomic mass is 16.4. The summed E-state index contributed by atoms with van der Waals surface area (Å²) < 4.78 is 25.5. The normalized spacial score (nSPS) is 12.4. The average Bonchev–Trinajstić information content (AvgIpc) is 3.95. The van der Waals surface area contributed by atoms with E-state index in [0.717, 1.165) is 104 Å². The standard InChI is InChI=1S/C46H24O4/c1-3-12-29-27(10-1)41(32-15-8-18-38-43(32)34-20-19-25-21-22-47-44(25)46(34)49-38)28-11-2-4-13-30(28)42(29)33-16-7-14-31-36-24-39-35(23-40(36)50-45(31)33)26-9-5-6-17-37(26)48-39/h1-24H. The predicted molar refractivity (Wildman–Crippen MR) is 204 cm³/mol. The van der Waals surface area contributed by atoms with Crippen LogP contribution in [-0.4, -0.2) is 0 Å². The molecule has 0 bridgehead atoms. The van der Waals surface area contributed by atoms with Gasteiger partial charge in [0.1, 0.15) is 27.9 Å². The van der Waals surface area contributed by atoms with Crippen LogP contribution in [0.3, 0.4) is 0 Å². The first-order chi connectivity index (χ1) is 24.8. The highest BCUT2D eigenvalue weighted by Crippen LogP contribution is 2.49. The number of benzene rings is 8. The molecule has 0 N–H and O–H groups in total. The van der Waals surface area contributed by atoms with E-state index in [9.17, 15) is 0 Å². The van der Waals surface area contributed by atoms with Gasteiger partial charge in [0.15, 0.2) is 11.2 Å². The molecule has 4 nitrogen and oxygen atoms in total. The van der Waals surface area contributed by atoms with Crippen molar-refractivity contribution in [3.8, 4) is 22.3 Å². The van der Waals surface area contributed by atoms with Crippen molar-refractivity contribution >= 4 is 98.3 Å². The van der Waals surface area contributed by atoms with Crippen molar-refractivity contribution in [2.24, 2.45) is 0 Å². The van der Waals surface area contributed by atoms with E-state index in [1.54, 1.807) is 6.26 Å². The Kier molecular flexibility index (Phi) is 4.94. The average molecular weight is 641 g/mol. The molecule has 0 aliphatic carbocycles. The Morgan fingerprint density at radius 2 is 0.900 bits per heavy atom. The highest BCUT2D eigenvalue weighted by molar-refractivity contribution is 6.28. The first-order valence-corrected chi connectivity index (χ1v) is 16.8. The van der Waals surface area contributed by atoms with E-state index in [4.69, 9.17) is 17.7 Å². The van der Waals surface area contributed by atoms with Crippen LogP contribution in [0.4, 0.5) is 0 Å². The lowest BCUT2D eigenvalue weighted by Crippen LogP contribution is -1.91. The maximum absolute atomic E-state index is 6.84. The van der Waals surface area contributed by atoms with Crippen LogP contribution in [0.15, 0.2) is 163 Å². The molecular formula is C46H24O4. The summed E-state index contributed by atoms with van der Waals surface area (Å²) in [6.45, 7) is 0. The van der Waals surface area contributed by atoms with Crippen LogP contribution in [0, 0.1) is 0 Å². The number of fused-ring (bicyclic) bond motifs is 13. The molecule has 8 aromatic carbocycles. The van der Waals surface area contributed by atoms with Crippen LogP contribution in [0.2, 0.25) is 0 Å². The second kappa shape index (κ2) is 9.43. The van der Waals surface area contributed by atoms with E-state index < -0.39 is 0 Å². The molecule has 4 heterocycles. The van der Waals surface area contributed by atoms with Gasteiger partial charge in [-0.25, -0.2) is 0 Å². The molecule has 0 aliphatic rings. The monoisotopic (exact) mass is 640 g/mol. The van der Waals surface area contributed by atoms with E-state index in [0.29, 0.717) is 0 Å². The van der Waals surface area contributed by atoms with Gasteiger partial charge >= 0.3 is 0 Å². The van der Waals surface area contributed by atoms with Crippen molar-refractivity contribution in [1.29, 1.82) is 0 Å². The number of rotatable bonds is 2. The van der Waals surface area contributed by atoms with Gasteiger partial charge in [0.25, 0.3) is 0 Å². The van der Waals surface area contributed by atoms with Crippen LogP contribution < -0.4 is 0 Å². The molecule has 0 fully saturated rings. The topological polar surface area (TPSA) is 52.6 Å². The fraction of sp³-hybridized carbons (Fsp3) is 0. The third kappa shape index (κ3) is 3.34. The Labute approximate surface area is 283 Å². The molecule has 50 heavy (non-hydrogen) atoms. The summed E-state index contributed by atoms with van der Waals surface area (Å²) in [7, 11) is 0. The molecule has 12 rings (SSSR count). The maximum atomic E-state index is 6.84. The highest BCUT2D eigenvalue weighted by Gasteiger charge is 2.23. The first kappa shape index (κ1) is 26.2. The number of para-hydroxylation sites is 2. The predicted octanol–water partition coefficient (Wildman–Crippen LogP) is 13.8. The number of hydrogen-bond donors (Lipinski definition) is 0. The van der Waals surface area contributed by atoms with E-state index in [1.807, 2.05) is 30.3 Å². The van der Waals surface area contributed by atoms with Crippen molar-refractivity contribution in [3.05, 3.63) is 146 Å². The van der Waals surface area contributed by atoms with Gasteiger partial charge < -0.3 is 17.7 Å². The summed E-state index contributed by atoms with van der Waals surface area (Å²) in [6, 6.07) is 49.0. The van der Waals surface area contributed by atoms with Gasteiger partial charge in [-0.15, -0.1) is 0 Å². The van der Waals surface area contributed by atoms with Crippen LogP contribution >= 0.6 is 0 Å². The fourth-order valence-electron chi connectivity index (χ4n) is 8.44. The SMILES string of the molecule is c1ccc2c(c1)oc1cc3c(cc12)oc1c(-c2c4ccccc4c(-c4cccc5oc6c(ccc7ccoc76)c45)c4ccccc24)cccc13. The molecule has 4 aromatic heterocycles. The molecule has 4 heteroatoms. The van der Waals surface area contributed by atoms with Gasteiger partial charge in [-0.1, -0.05) is 103 Å². The zero-order chi connectivity index (χ0) is 32.5. The minimum absolute atomic E-state index is 0.773. The van der Waals surface area contributed by atoms with Gasteiger partial charge in [0, 0.05) is 48.8 Å². The molecule has 0 spiro atoms. The Bertz CT molecular complexity index is 3330. The zero-order valence-corrected chi connectivity index (χ0v) is 26.5. The summed E-state index contributed by atoms with van der Waals surface area (Å²) in [6.07, 6.45) is 1.72. The largest absolute Gasteiger partial charge is 0.460 e. The Balaban J connectivity index is 1.19. The quantitative estimate of drug-likeness (QED) is 0.176. The molecule has 0 saturated carbocycles. The van der Waals surface area contributed by atoms with Crippen molar-refractivity contribution < 1.29 is 17.7 Å². The van der Waals surface area contributed by atoms with Crippen molar-refractivity contribution in [3.63, 3.8) is 0 Å². The van der Waals surface area contributed by atoms with Gasteiger partial charge in [0.05, 0.1) is 6.26 Å². The summed E-state index contributed by atoms with van der Waals surface area (Å²) in [5.74, 6) is 0. The van der Waals surface area contributed by atoms with Crippen LogP contribution in [0.5, 0.6) is 0 Å². The lowest BCUT2D eigenvalue weighted by atomic mass is 9.84. The molecule has 0 radical (unpaired) electrons. The van der Waals surface area contributed by atoms with Crippen molar-refractivity contribution in [2.75, 3.05) is 0 Å². The third-order valence-electron chi connectivity index (χ3n) is 10.5. The molecule has 0 amide bonds. The van der Waals surface area contributed by atoms with Crippen LogP contribution in [-0.2, 0) is 0 Å². The zero-order valence-electron chi connectivity index (χ0n) is 26.5. The van der Waals surface area contributed by atoms with E-state index in [-0.39, 0.29) is 0 Å². The summed E-state index contributed by atoms with van der Waals surface area (Å²) in [4.78, 5) is 0. The number of hydrogen-bond acceptors (Lipinski definition) is 4. The van der Waals surface area contributed by atoms with E-state index in [1.165, 1.54) is 16.3 Å². The lowest BCUT2D eigenvalue weighted by molar-refractivity contribution is 0.600. The maximum Gasteiger partial charge on any atom is 0.178 e. The molecule has 0 unspecified atom stereocenters.